The molecule has 5 nitrogen and oxygen atoms in total. The van der Waals surface area contributed by atoms with E-state index in [9.17, 15) is 9.18 Å². The Labute approximate surface area is 146 Å². The topological polar surface area (TPSA) is 55.3 Å². The van der Waals surface area contributed by atoms with E-state index in [4.69, 9.17) is 27.9 Å². The Morgan fingerprint density at radius 1 is 1.39 bits per heavy atom. The third kappa shape index (κ3) is 3.91. The number of thiophene rings is 1. The van der Waals surface area contributed by atoms with Crippen molar-refractivity contribution in [2.24, 2.45) is 0 Å². The van der Waals surface area contributed by atoms with E-state index in [1.807, 2.05) is 0 Å². The molecule has 3 heterocycles. The number of carbonyl (C=O) groups is 1. The zero-order valence-corrected chi connectivity index (χ0v) is 14.2. The Balaban J connectivity index is 1.67. The van der Waals surface area contributed by atoms with Crippen molar-refractivity contribution >= 4 is 40.4 Å². The average molecular weight is 376 g/mol. The first kappa shape index (κ1) is 16.4. The molecule has 2 aromatic rings. The molecule has 0 bridgehead atoms. The molecule has 23 heavy (non-hydrogen) atoms. The van der Waals surface area contributed by atoms with Crippen LogP contribution in [0, 0.1) is 5.82 Å². The number of hydrogen-bond acceptors (Lipinski definition) is 5. The van der Waals surface area contributed by atoms with Gasteiger partial charge in [-0.15, -0.1) is 11.3 Å². The fraction of sp³-hybridized carbons (Fsp3) is 0.357. The zero-order chi connectivity index (χ0) is 16.4. The number of rotatable bonds is 3. The zero-order valence-electron chi connectivity index (χ0n) is 11.8. The third-order valence-corrected chi connectivity index (χ3v) is 4.91. The number of carbonyl (C=O) groups excluding carboxylic acids is 1. The molecule has 1 unspecified atom stereocenters. The van der Waals surface area contributed by atoms with E-state index >= 15 is 0 Å². The second kappa shape index (κ2) is 6.98. The SMILES string of the molecule is O=C(c1cc(Cl)sc1Cl)N1CCCC(Oc2ncc(F)cn2)C1. The lowest BCUT2D eigenvalue weighted by Gasteiger charge is -2.32. The van der Waals surface area contributed by atoms with Crippen molar-refractivity contribution in [1.29, 1.82) is 0 Å². The molecule has 1 aliphatic rings. The highest BCUT2D eigenvalue weighted by Gasteiger charge is 2.28. The second-order valence-corrected chi connectivity index (χ2v) is 7.34. The van der Waals surface area contributed by atoms with Crippen molar-refractivity contribution in [2.75, 3.05) is 13.1 Å². The second-order valence-electron chi connectivity index (χ2n) is 5.06. The molecule has 9 heteroatoms. The summed E-state index contributed by atoms with van der Waals surface area (Å²) in [7, 11) is 0. The lowest BCUT2D eigenvalue weighted by atomic mass is 10.1. The maximum atomic E-state index is 12.8. The number of nitrogens with zero attached hydrogens (tertiary/aromatic N) is 3. The molecule has 0 spiro atoms. The Morgan fingerprint density at radius 2 is 2.13 bits per heavy atom. The van der Waals surface area contributed by atoms with Crippen molar-refractivity contribution in [3.8, 4) is 6.01 Å². The molecule has 122 valence electrons. The Kier molecular flexibility index (Phi) is 4.99. The van der Waals surface area contributed by atoms with Gasteiger partial charge in [-0.05, 0) is 18.9 Å². The fourth-order valence-corrected chi connectivity index (χ4v) is 3.83. The Bertz CT molecular complexity index is 711. The van der Waals surface area contributed by atoms with Crippen LogP contribution < -0.4 is 4.74 Å². The number of amides is 1. The normalized spacial score (nSPS) is 18.0. The van der Waals surface area contributed by atoms with Gasteiger partial charge in [0.05, 0.1) is 28.8 Å². The highest BCUT2D eigenvalue weighted by atomic mass is 35.5. The van der Waals surface area contributed by atoms with Crippen LogP contribution in [-0.2, 0) is 0 Å². The van der Waals surface area contributed by atoms with Gasteiger partial charge < -0.3 is 9.64 Å². The van der Waals surface area contributed by atoms with Crippen LogP contribution in [0.3, 0.4) is 0 Å². The molecule has 0 aromatic carbocycles. The van der Waals surface area contributed by atoms with E-state index in [-0.39, 0.29) is 18.0 Å². The van der Waals surface area contributed by atoms with Crippen LogP contribution >= 0.6 is 34.5 Å². The average Bonchev–Trinajstić information content (AvgIpc) is 2.88. The standard InChI is InChI=1S/C14H12Cl2FN3O2S/c15-11-4-10(12(16)23-11)13(21)20-3-1-2-9(7-20)22-14-18-5-8(17)6-19-14/h4-6,9H,1-3,7H2. The predicted molar refractivity (Wildman–Crippen MR) is 85.9 cm³/mol. The summed E-state index contributed by atoms with van der Waals surface area (Å²) >= 11 is 13.1. The maximum Gasteiger partial charge on any atom is 0.316 e. The summed E-state index contributed by atoms with van der Waals surface area (Å²) in [5.74, 6) is -0.701. The first-order valence-corrected chi connectivity index (χ1v) is 8.48. The van der Waals surface area contributed by atoms with Crippen molar-refractivity contribution < 1.29 is 13.9 Å². The molecule has 2 aromatic heterocycles. The van der Waals surface area contributed by atoms with Crippen LogP contribution in [0.5, 0.6) is 6.01 Å². The number of ether oxygens (including phenoxy) is 1. The first-order valence-electron chi connectivity index (χ1n) is 6.91. The highest BCUT2D eigenvalue weighted by molar-refractivity contribution is 7.20. The molecular formula is C14H12Cl2FN3O2S. The van der Waals surface area contributed by atoms with E-state index in [0.717, 1.165) is 36.6 Å². The van der Waals surface area contributed by atoms with E-state index in [0.29, 0.717) is 27.3 Å². The highest BCUT2D eigenvalue weighted by Crippen LogP contribution is 2.32. The predicted octanol–water partition coefficient (Wildman–Crippen LogP) is 3.67. The van der Waals surface area contributed by atoms with Gasteiger partial charge in [0, 0.05) is 6.54 Å². The summed E-state index contributed by atoms with van der Waals surface area (Å²) in [5.41, 5.74) is 0.403. The van der Waals surface area contributed by atoms with Crippen LogP contribution in [0.4, 0.5) is 4.39 Å². The van der Waals surface area contributed by atoms with Crippen molar-refractivity contribution in [2.45, 2.75) is 18.9 Å². The number of aromatic nitrogens is 2. The summed E-state index contributed by atoms with van der Waals surface area (Å²) < 4.78 is 19.3. The monoisotopic (exact) mass is 375 g/mol. The molecule has 1 amide bonds. The molecule has 0 N–H and O–H groups in total. The molecule has 0 saturated carbocycles. The first-order chi connectivity index (χ1) is 11.0. The van der Waals surface area contributed by atoms with Crippen molar-refractivity contribution in [1.82, 2.24) is 14.9 Å². The van der Waals surface area contributed by atoms with Gasteiger partial charge >= 0.3 is 6.01 Å². The molecule has 1 aliphatic heterocycles. The van der Waals surface area contributed by atoms with E-state index in [2.05, 4.69) is 9.97 Å². The summed E-state index contributed by atoms with van der Waals surface area (Å²) in [6, 6.07) is 1.67. The van der Waals surface area contributed by atoms with Crippen LogP contribution in [-0.4, -0.2) is 40.0 Å². The van der Waals surface area contributed by atoms with Gasteiger partial charge in [0.1, 0.15) is 10.4 Å². The fourth-order valence-electron chi connectivity index (χ4n) is 2.39. The number of hydrogen-bond donors (Lipinski definition) is 0. The molecule has 0 radical (unpaired) electrons. The number of likely N-dealkylation sites (tertiary alicyclic amines) is 1. The van der Waals surface area contributed by atoms with Crippen LogP contribution in [0.1, 0.15) is 23.2 Å². The lowest BCUT2D eigenvalue weighted by Crippen LogP contribution is -2.44. The van der Waals surface area contributed by atoms with Gasteiger partial charge in [-0.2, -0.15) is 0 Å². The van der Waals surface area contributed by atoms with Crippen LogP contribution in [0.25, 0.3) is 0 Å². The van der Waals surface area contributed by atoms with Crippen molar-refractivity contribution in [3.63, 3.8) is 0 Å². The Morgan fingerprint density at radius 3 is 2.78 bits per heavy atom. The van der Waals surface area contributed by atoms with Gasteiger partial charge in [0.2, 0.25) is 0 Å². The molecule has 1 fully saturated rings. The molecule has 3 rings (SSSR count). The van der Waals surface area contributed by atoms with Crippen LogP contribution in [0.15, 0.2) is 18.5 Å². The Hall–Kier alpha value is -1.44. The third-order valence-electron chi connectivity index (χ3n) is 3.42. The molecular weight excluding hydrogens is 364 g/mol. The largest absolute Gasteiger partial charge is 0.458 e. The smallest absolute Gasteiger partial charge is 0.316 e. The van der Waals surface area contributed by atoms with Gasteiger partial charge in [-0.3, -0.25) is 4.79 Å². The molecule has 1 atom stereocenters. The van der Waals surface area contributed by atoms with E-state index < -0.39 is 5.82 Å². The van der Waals surface area contributed by atoms with Gasteiger partial charge in [0.25, 0.3) is 5.91 Å². The van der Waals surface area contributed by atoms with Gasteiger partial charge in [0.15, 0.2) is 5.82 Å². The minimum atomic E-state index is -0.526. The van der Waals surface area contributed by atoms with Crippen LogP contribution in [0.2, 0.25) is 8.67 Å². The maximum absolute atomic E-state index is 12.8. The number of piperidine rings is 1. The minimum Gasteiger partial charge on any atom is -0.458 e. The van der Waals surface area contributed by atoms with Crippen molar-refractivity contribution in [3.05, 3.63) is 38.5 Å². The number of halogens is 3. The van der Waals surface area contributed by atoms with Gasteiger partial charge in [-0.1, -0.05) is 23.2 Å². The van der Waals surface area contributed by atoms with E-state index in [1.54, 1.807) is 11.0 Å². The summed E-state index contributed by atoms with van der Waals surface area (Å²) in [6.45, 7) is 1.01. The lowest BCUT2D eigenvalue weighted by molar-refractivity contribution is 0.0516. The summed E-state index contributed by atoms with van der Waals surface area (Å²) in [6.07, 6.45) is 3.39. The molecule has 0 aliphatic carbocycles. The summed E-state index contributed by atoms with van der Waals surface area (Å²) in [5, 5.41) is 0. The minimum absolute atomic E-state index is 0.0994. The van der Waals surface area contributed by atoms with Gasteiger partial charge in [-0.25, -0.2) is 14.4 Å². The molecule has 1 saturated heterocycles. The summed E-state index contributed by atoms with van der Waals surface area (Å²) in [4.78, 5) is 21.7. The quantitative estimate of drug-likeness (QED) is 0.820. The van der Waals surface area contributed by atoms with E-state index in [1.165, 1.54) is 0 Å².